The van der Waals surface area contributed by atoms with Crippen LogP contribution in [0.3, 0.4) is 0 Å². The normalized spacial score (nSPS) is 11.6. The van der Waals surface area contributed by atoms with Gasteiger partial charge in [-0.25, -0.2) is 8.42 Å². The van der Waals surface area contributed by atoms with Crippen molar-refractivity contribution in [2.45, 2.75) is 25.2 Å². The minimum Gasteiger partial charge on any atom is -0.268 e. The molecule has 0 atom stereocenters. The lowest BCUT2D eigenvalue weighted by Gasteiger charge is -2.22. The molecule has 0 N–H and O–H groups in total. The number of halogens is 2. The van der Waals surface area contributed by atoms with Crippen LogP contribution in [0.2, 0.25) is 10.0 Å². The fourth-order valence-corrected chi connectivity index (χ4v) is 4.79. The van der Waals surface area contributed by atoms with Crippen LogP contribution in [0, 0.1) is 6.92 Å². The molecule has 3 aromatic rings. The first kappa shape index (κ1) is 23.1. The largest absolute Gasteiger partial charge is 0.271 e. The van der Waals surface area contributed by atoms with Crippen molar-refractivity contribution in [1.29, 1.82) is 0 Å². The van der Waals surface area contributed by atoms with Gasteiger partial charge in [0.25, 0.3) is 15.9 Å². The van der Waals surface area contributed by atoms with Gasteiger partial charge >= 0.3 is 0 Å². The number of sulfonamides is 1. The molecule has 4 nitrogen and oxygen atoms in total. The van der Waals surface area contributed by atoms with Crippen LogP contribution in [0.5, 0.6) is 0 Å². The summed E-state index contributed by atoms with van der Waals surface area (Å²) in [5, 5.41) is 0.824. The maximum Gasteiger partial charge on any atom is 0.271 e. The summed E-state index contributed by atoms with van der Waals surface area (Å²) in [4.78, 5) is 13.2. The molecule has 0 saturated carbocycles. The van der Waals surface area contributed by atoms with E-state index in [1.165, 1.54) is 24.3 Å². The average molecular weight is 474 g/mol. The molecule has 0 aliphatic rings. The topological polar surface area (TPSA) is 54.5 Å². The predicted octanol–water partition coefficient (Wildman–Crippen LogP) is 6.30. The molecule has 0 fully saturated rings. The summed E-state index contributed by atoms with van der Waals surface area (Å²) in [6.45, 7) is 3.86. The van der Waals surface area contributed by atoms with Crippen LogP contribution in [0.25, 0.3) is 6.08 Å². The van der Waals surface area contributed by atoms with Crippen LogP contribution in [-0.2, 0) is 21.2 Å². The van der Waals surface area contributed by atoms with Gasteiger partial charge in [-0.1, -0.05) is 66.0 Å². The Kier molecular flexibility index (Phi) is 7.21. The summed E-state index contributed by atoms with van der Waals surface area (Å²) >= 11 is 12.1. The molecule has 3 rings (SSSR count). The van der Waals surface area contributed by atoms with Crippen molar-refractivity contribution in [2.24, 2.45) is 0 Å². The molecule has 0 radical (unpaired) electrons. The number of anilines is 1. The number of hydrogen-bond acceptors (Lipinski definition) is 3. The van der Waals surface area contributed by atoms with Crippen molar-refractivity contribution in [3.63, 3.8) is 0 Å². The number of hydrogen-bond donors (Lipinski definition) is 0. The molecule has 0 heterocycles. The number of benzene rings is 3. The van der Waals surface area contributed by atoms with E-state index in [-0.39, 0.29) is 10.6 Å². The lowest BCUT2D eigenvalue weighted by molar-refractivity contribution is -0.113. The molecule has 31 heavy (non-hydrogen) atoms. The van der Waals surface area contributed by atoms with Gasteiger partial charge in [0.05, 0.1) is 10.6 Å². The van der Waals surface area contributed by atoms with E-state index in [1.54, 1.807) is 54.6 Å². The lowest BCUT2D eigenvalue weighted by atomic mass is 10.1. The van der Waals surface area contributed by atoms with Crippen molar-refractivity contribution in [3.05, 3.63) is 99.5 Å². The number of nitrogens with zero attached hydrogens (tertiary/aromatic N) is 1. The Bertz CT molecular complexity index is 1220. The van der Waals surface area contributed by atoms with E-state index >= 15 is 0 Å². The molecule has 0 spiro atoms. The maximum atomic E-state index is 13.4. The zero-order valence-electron chi connectivity index (χ0n) is 17.0. The molecular formula is C24H21Cl2NO3S. The lowest BCUT2D eigenvalue weighted by Crippen LogP contribution is -2.35. The quantitative estimate of drug-likeness (QED) is 0.394. The van der Waals surface area contributed by atoms with Crippen LogP contribution in [-0.4, -0.2) is 14.3 Å². The fourth-order valence-electron chi connectivity index (χ4n) is 2.93. The molecule has 0 saturated heterocycles. The second kappa shape index (κ2) is 9.69. The van der Waals surface area contributed by atoms with Gasteiger partial charge in [0, 0.05) is 16.1 Å². The van der Waals surface area contributed by atoms with Crippen LogP contribution in [0.4, 0.5) is 5.69 Å². The summed E-state index contributed by atoms with van der Waals surface area (Å²) in [6, 6.07) is 18.1. The Morgan fingerprint density at radius 1 is 0.968 bits per heavy atom. The van der Waals surface area contributed by atoms with E-state index in [4.69, 9.17) is 23.2 Å². The third-order valence-corrected chi connectivity index (χ3v) is 7.01. The summed E-state index contributed by atoms with van der Waals surface area (Å²) in [5.74, 6) is -0.712. The number of carbonyl (C=O) groups excluding carboxylic acids is 1. The van der Waals surface area contributed by atoms with Crippen molar-refractivity contribution < 1.29 is 13.2 Å². The van der Waals surface area contributed by atoms with Crippen molar-refractivity contribution in [3.8, 4) is 0 Å². The highest BCUT2D eigenvalue weighted by molar-refractivity contribution is 7.93. The van der Waals surface area contributed by atoms with Crippen molar-refractivity contribution in [2.75, 3.05) is 4.31 Å². The Hall–Kier alpha value is -2.60. The van der Waals surface area contributed by atoms with Crippen molar-refractivity contribution >= 4 is 50.9 Å². The SMILES string of the molecule is CCc1ccc(N(C(=O)/C=C/c2ccc(Cl)cc2Cl)S(=O)(=O)c2ccc(C)cc2)cc1. The van der Waals surface area contributed by atoms with Crippen LogP contribution in [0.1, 0.15) is 23.6 Å². The van der Waals surface area contributed by atoms with Crippen LogP contribution in [0.15, 0.2) is 77.7 Å². The van der Waals surface area contributed by atoms with Gasteiger partial charge in [0.15, 0.2) is 0 Å². The molecular weight excluding hydrogens is 453 g/mol. The molecule has 0 aromatic heterocycles. The third-order valence-electron chi connectivity index (χ3n) is 4.71. The van der Waals surface area contributed by atoms with Gasteiger partial charge in [0.1, 0.15) is 0 Å². The molecule has 0 aliphatic carbocycles. The van der Waals surface area contributed by atoms with Gasteiger partial charge in [0.2, 0.25) is 0 Å². The zero-order chi connectivity index (χ0) is 22.6. The first-order chi connectivity index (χ1) is 14.7. The number of amides is 1. The number of aryl methyl sites for hydroxylation is 2. The third kappa shape index (κ3) is 5.37. The highest BCUT2D eigenvalue weighted by Crippen LogP contribution is 2.26. The van der Waals surface area contributed by atoms with Crippen LogP contribution >= 0.6 is 23.2 Å². The summed E-state index contributed by atoms with van der Waals surface area (Å²) < 4.78 is 27.6. The minimum absolute atomic E-state index is 0.0314. The molecule has 1 amide bonds. The average Bonchev–Trinajstić information content (AvgIpc) is 2.74. The molecule has 0 bridgehead atoms. The van der Waals surface area contributed by atoms with Crippen molar-refractivity contribution in [1.82, 2.24) is 0 Å². The monoisotopic (exact) mass is 473 g/mol. The Balaban J connectivity index is 2.05. The second-order valence-electron chi connectivity index (χ2n) is 6.94. The van der Waals surface area contributed by atoms with E-state index in [0.29, 0.717) is 15.6 Å². The van der Waals surface area contributed by atoms with Gasteiger partial charge in [-0.15, -0.1) is 0 Å². The Morgan fingerprint density at radius 2 is 1.61 bits per heavy atom. The summed E-state index contributed by atoms with van der Waals surface area (Å²) in [6.07, 6.45) is 3.46. The molecule has 3 aromatic carbocycles. The van der Waals surface area contributed by atoms with Gasteiger partial charge in [-0.05, 0) is 66.9 Å². The maximum absolute atomic E-state index is 13.4. The predicted molar refractivity (Wildman–Crippen MR) is 127 cm³/mol. The van der Waals surface area contributed by atoms with E-state index in [2.05, 4.69) is 0 Å². The van der Waals surface area contributed by atoms with E-state index in [0.717, 1.165) is 21.9 Å². The Morgan fingerprint density at radius 3 is 2.19 bits per heavy atom. The first-order valence-electron chi connectivity index (χ1n) is 9.60. The highest BCUT2D eigenvalue weighted by Gasteiger charge is 2.29. The molecule has 160 valence electrons. The minimum atomic E-state index is -4.13. The standard InChI is InChI=1S/C24H21Cl2NO3S/c1-3-18-6-11-21(12-7-18)27(31(29,30)22-13-4-17(2)5-14-22)24(28)15-9-19-8-10-20(25)16-23(19)26/h4-16H,3H2,1-2H3/b15-9+. The number of rotatable bonds is 6. The molecule has 0 unspecified atom stereocenters. The Labute approximate surface area is 192 Å². The van der Waals surface area contributed by atoms with Crippen LogP contribution < -0.4 is 4.31 Å². The fraction of sp³-hybridized carbons (Fsp3) is 0.125. The van der Waals surface area contributed by atoms with E-state index in [9.17, 15) is 13.2 Å². The van der Waals surface area contributed by atoms with Gasteiger partial charge in [-0.2, -0.15) is 4.31 Å². The molecule has 0 aliphatic heterocycles. The first-order valence-corrected chi connectivity index (χ1v) is 11.8. The molecule has 7 heteroatoms. The summed E-state index contributed by atoms with van der Waals surface area (Å²) in [7, 11) is -4.13. The number of carbonyl (C=O) groups is 1. The summed E-state index contributed by atoms with van der Waals surface area (Å²) in [5.41, 5.74) is 2.76. The van der Waals surface area contributed by atoms with E-state index < -0.39 is 15.9 Å². The highest BCUT2D eigenvalue weighted by atomic mass is 35.5. The second-order valence-corrected chi connectivity index (χ2v) is 9.57. The zero-order valence-corrected chi connectivity index (χ0v) is 19.4. The van der Waals surface area contributed by atoms with Gasteiger partial charge in [-0.3, -0.25) is 4.79 Å². The van der Waals surface area contributed by atoms with Gasteiger partial charge < -0.3 is 0 Å². The smallest absolute Gasteiger partial charge is 0.268 e. The van der Waals surface area contributed by atoms with E-state index in [1.807, 2.05) is 13.8 Å².